The van der Waals surface area contributed by atoms with Crippen molar-refractivity contribution in [2.24, 2.45) is 0 Å². The van der Waals surface area contributed by atoms with E-state index < -0.39 is 27.8 Å². The summed E-state index contributed by atoms with van der Waals surface area (Å²) in [6, 6.07) is 20.7. The molecular formula is C23H17F3N4O3S. The van der Waals surface area contributed by atoms with Crippen molar-refractivity contribution in [1.82, 2.24) is 9.78 Å². The number of amides is 1. The van der Waals surface area contributed by atoms with Gasteiger partial charge in [0.25, 0.3) is 15.9 Å². The molecule has 1 aromatic heterocycles. The first-order valence-electron chi connectivity index (χ1n) is 9.84. The van der Waals surface area contributed by atoms with Crippen LogP contribution in [0.2, 0.25) is 0 Å². The Kier molecular flexibility index (Phi) is 6.12. The second-order valence-corrected chi connectivity index (χ2v) is 8.83. The summed E-state index contributed by atoms with van der Waals surface area (Å²) in [6.45, 7) is 0. The molecule has 1 heterocycles. The van der Waals surface area contributed by atoms with Crippen LogP contribution in [-0.4, -0.2) is 24.1 Å². The summed E-state index contributed by atoms with van der Waals surface area (Å²) in [6.07, 6.45) is -3.37. The Hall–Kier alpha value is -4.12. The van der Waals surface area contributed by atoms with Gasteiger partial charge in [0.1, 0.15) is 0 Å². The number of hydrogen-bond acceptors (Lipinski definition) is 4. The predicted octanol–water partition coefficient (Wildman–Crippen LogP) is 4.94. The predicted molar refractivity (Wildman–Crippen MR) is 120 cm³/mol. The van der Waals surface area contributed by atoms with Gasteiger partial charge in [-0.1, -0.05) is 24.3 Å². The molecule has 174 valence electrons. The first-order valence-corrected chi connectivity index (χ1v) is 11.3. The molecule has 0 saturated heterocycles. The first-order chi connectivity index (χ1) is 16.1. The molecule has 34 heavy (non-hydrogen) atoms. The van der Waals surface area contributed by atoms with Crippen LogP contribution < -0.4 is 10.0 Å². The maximum atomic E-state index is 12.7. The van der Waals surface area contributed by atoms with Gasteiger partial charge in [0.15, 0.2) is 5.69 Å². The van der Waals surface area contributed by atoms with Crippen LogP contribution >= 0.6 is 0 Å². The molecule has 0 aliphatic rings. The van der Waals surface area contributed by atoms with Gasteiger partial charge in [-0.15, -0.1) is 0 Å². The van der Waals surface area contributed by atoms with E-state index in [0.29, 0.717) is 11.4 Å². The van der Waals surface area contributed by atoms with Gasteiger partial charge < -0.3 is 5.32 Å². The highest BCUT2D eigenvalue weighted by molar-refractivity contribution is 7.92. The lowest BCUT2D eigenvalue weighted by Crippen LogP contribution is -2.14. The summed E-state index contributed by atoms with van der Waals surface area (Å²) in [5, 5.41) is 6.15. The number of sulfonamides is 1. The van der Waals surface area contributed by atoms with Crippen LogP contribution in [0.1, 0.15) is 16.1 Å². The van der Waals surface area contributed by atoms with Crippen LogP contribution in [0.15, 0.2) is 96.0 Å². The van der Waals surface area contributed by atoms with Gasteiger partial charge in [-0.25, -0.2) is 13.1 Å². The molecule has 0 saturated carbocycles. The third kappa shape index (κ3) is 5.26. The van der Waals surface area contributed by atoms with E-state index in [1.54, 1.807) is 36.4 Å². The second-order valence-electron chi connectivity index (χ2n) is 7.14. The number of alkyl halides is 3. The molecule has 0 aliphatic heterocycles. The number of hydrogen-bond donors (Lipinski definition) is 2. The number of carbonyl (C=O) groups excluding carboxylic acids is 1. The quantitative estimate of drug-likeness (QED) is 0.404. The zero-order valence-corrected chi connectivity index (χ0v) is 18.1. The summed E-state index contributed by atoms with van der Waals surface area (Å²) in [5.41, 5.74) is 0.198. The van der Waals surface area contributed by atoms with Crippen molar-refractivity contribution in [1.29, 1.82) is 0 Å². The van der Waals surface area contributed by atoms with Gasteiger partial charge in [-0.3, -0.25) is 9.52 Å². The summed E-state index contributed by atoms with van der Waals surface area (Å²) in [7, 11) is -3.79. The first kappa shape index (κ1) is 23.1. The topological polar surface area (TPSA) is 93.1 Å². The highest BCUT2D eigenvalue weighted by Crippen LogP contribution is 2.28. The summed E-state index contributed by atoms with van der Waals surface area (Å²) in [4.78, 5) is 12.7. The van der Waals surface area contributed by atoms with Crippen LogP contribution in [0.5, 0.6) is 0 Å². The van der Waals surface area contributed by atoms with Gasteiger partial charge in [-0.2, -0.15) is 18.3 Å². The molecule has 0 bridgehead atoms. The van der Waals surface area contributed by atoms with Crippen molar-refractivity contribution in [3.05, 3.63) is 102 Å². The zero-order chi connectivity index (χ0) is 24.3. The molecule has 0 fully saturated rings. The van der Waals surface area contributed by atoms with Crippen LogP contribution in [0.25, 0.3) is 5.69 Å². The van der Waals surface area contributed by atoms with Crippen molar-refractivity contribution in [2.45, 2.75) is 11.1 Å². The monoisotopic (exact) mass is 486 g/mol. The molecule has 2 N–H and O–H groups in total. The minimum Gasteiger partial charge on any atom is -0.322 e. The van der Waals surface area contributed by atoms with E-state index >= 15 is 0 Å². The van der Waals surface area contributed by atoms with Crippen LogP contribution in [0.4, 0.5) is 24.5 Å². The van der Waals surface area contributed by atoms with Crippen LogP contribution in [0.3, 0.4) is 0 Å². The molecule has 7 nitrogen and oxygen atoms in total. The summed E-state index contributed by atoms with van der Waals surface area (Å²) >= 11 is 0. The van der Waals surface area contributed by atoms with E-state index in [9.17, 15) is 26.4 Å². The Morgan fingerprint density at radius 3 is 2.18 bits per heavy atom. The molecular weight excluding hydrogens is 469 g/mol. The molecule has 4 aromatic rings. The number of rotatable bonds is 6. The molecule has 11 heteroatoms. The maximum absolute atomic E-state index is 12.7. The number of halogens is 3. The van der Waals surface area contributed by atoms with Gasteiger partial charge in [0.2, 0.25) is 0 Å². The standard InChI is InChI=1S/C23H17F3N4O3S/c24-23(25,26)21-13-14-30(28-21)19-11-9-16(10-12-19)22(31)27-17-5-4-6-18(15-17)29-34(32,33)20-7-2-1-3-8-20/h1-15,29H,(H,27,31). The second kappa shape index (κ2) is 9.02. The van der Waals surface area contributed by atoms with Crippen molar-refractivity contribution in [3.63, 3.8) is 0 Å². The minimum absolute atomic E-state index is 0.101. The maximum Gasteiger partial charge on any atom is 0.435 e. The smallest absolute Gasteiger partial charge is 0.322 e. The molecule has 3 aromatic carbocycles. The highest BCUT2D eigenvalue weighted by Gasteiger charge is 2.33. The number of benzene rings is 3. The van der Waals surface area contributed by atoms with E-state index in [-0.39, 0.29) is 16.1 Å². The Labute approximate surface area is 192 Å². The zero-order valence-electron chi connectivity index (χ0n) is 17.3. The molecule has 0 radical (unpaired) electrons. The van der Waals surface area contributed by atoms with Gasteiger partial charge in [-0.05, 0) is 60.7 Å². The lowest BCUT2D eigenvalue weighted by Gasteiger charge is -2.11. The van der Waals surface area contributed by atoms with Crippen molar-refractivity contribution >= 4 is 27.3 Å². The van der Waals surface area contributed by atoms with E-state index in [2.05, 4.69) is 15.1 Å². The Morgan fingerprint density at radius 2 is 1.53 bits per heavy atom. The number of carbonyl (C=O) groups is 1. The number of nitrogens with one attached hydrogen (secondary N) is 2. The van der Waals surface area contributed by atoms with Gasteiger partial charge >= 0.3 is 6.18 Å². The van der Waals surface area contributed by atoms with E-state index in [4.69, 9.17) is 0 Å². The van der Waals surface area contributed by atoms with E-state index in [1.807, 2.05) is 0 Å². The molecule has 0 aliphatic carbocycles. The fraction of sp³-hybridized carbons (Fsp3) is 0.0435. The lowest BCUT2D eigenvalue weighted by molar-refractivity contribution is -0.141. The largest absolute Gasteiger partial charge is 0.435 e. The van der Waals surface area contributed by atoms with E-state index in [0.717, 1.165) is 10.7 Å². The van der Waals surface area contributed by atoms with Crippen LogP contribution in [0, 0.1) is 0 Å². The van der Waals surface area contributed by atoms with Gasteiger partial charge in [0, 0.05) is 17.4 Å². The SMILES string of the molecule is O=C(Nc1cccc(NS(=O)(=O)c2ccccc2)c1)c1ccc(-n2ccc(C(F)(F)F)n2)cc1. The Morgan fingerprint density at radius 1 is 0.853 bits per heavy atom. The number of anilines is 2. The highest BCUT2D eigenvalue weighted by atomic mass is 32.2. The molecule has 1 amide bonds. The lowest BCUT2D eigenvalue weighted by atomic mass is 10.2. The fourth-order valence-corrected chi connectivity index (χ4v) is 4.13. The third-order valence-electron chi connectivity index (χ3n) is 4.70. The molecule has 0 unspecified atom stereocenters. The normalized spacial score (nSPS) is 11.7. The van der Waals surface area contributed by atoms with E-state index in [1.165, 1.54) is 48.7 Å². The molecule has 0 atom stereocenters. The van der Waals surface area contributed by atoms with Crippen molar-refractivity contribution in [2.75, 3.05) is 10.0 Å². The minimum atomic E-state index is -4.55. The average molecular weight is 486 g/mol. The van der Waals surface area contributed by atoms with Gasteiger partial charge in [0.05, 0.1) is 16.3 Å². The summed E-state index contributed by atoms with van der Waals surface area (Å²) < 4.78 is 66.7. The molecule has 4 rings (SSSR count). The number of nitrogens with zero attached hydrogens (tertiary/aromatic N) is 2. The Balaban J connectivity index is 1.45. The Bertz CT molecular complexity index is 1420. The van der Waals surface area contributed by atoms with Crippen molar-refractivity contribution in [3.8, 4) is 5.69 Å². The fourth-order valence-electron chi connectivity index (χ4n) is 3.06. The van der Waals surface area contributed by atoms with Crippen molar-refractivity contribution < 1.29 is 26.4 Å². The molecule has 0 spiro atoms. The van der Waals surface area contributed by atoms with Crippen LogP contribution in [-0.2, 0) is 16.2 Å². The number of aromatic nitrogens is 2. The summed E-state index contributed by atoms with van der Waals surface area (Å²) in [5.74, 6) is -0.480. The third-order valence-corrected chi connectivity index (χ3v) is 6.10. The average Bonchev–Trinajstić information content (AvgIpc) is 3.31.